The Morgan fingerprint density at radius 1 is 0.543 bits per heavy atom. The molecule has 0 radical (unpaired) electrons. The highest BCUT2D eigenvalue weighted by atomic mass is 15.5. The minimum absolute atomic E-state index is 0.0149. The molecule has 5 aromatic rings. The number of hydrogen-bond donors (Lipinski definition) is 0. The van der Waals surface area contributed by atoms with Crippen LogP contribution in [0.2, 0.25) is 0 Å². The molecule has 1 aromatic heterocycles. The van der Waals surface area contributed by atoms with Crippen molar-refractivity contribution in [1.82, 2.24) is 9.97 Å². The number of anilines is 1. The van der Waals surface area contributed by atoms with E-state index in [0.29, 0.717) is 5.95 Å². The lowest BCUT2D eigenvalue weighted by Gasteiger charge is -2.23. The van der Waals surface area contributed by atoms with Crippen molar-refractivity contribution in [3.05, 3.63) is 139 Å². The average Bonchev–Trinajstić information content (AvgIpc) is 3.41. The molecular formula is C31H24N4. The van der Waals surface area contributed by atoms with Crippen molar-refractivity contribution < 1.29 is 0 Å². The summed E-state index contributed by atoms with van der Waals surface area (Å²) >= 11 is 0. The van der Waals surface area contributed by atoms with Crippen LogP contribution in [0.4, 0.5) is 5.95 Å². The maximum Gasteiger partial charge on any atom is 0.247 e. The van der Waals surface area contributed by atoms with E-state index in [1.54, 1.807) is 0 Å². The molecule has 0 aliphatic carbocycles. The number of aromatic nitrogens is 2. The van der Waals surface area contributed by atoms with Crippen molar-refractivity contribution in [2.75, 3.05) is 5.01 Å². The van der Waals surface area contributed by atoms with E-state index in [9.17, 15) is 0 Å². The predicted octanol–water partition coefficient (Wildman–Crippen LogP) is 7.17. The Kier molecular flexibility index (Phi) is 5.61. The Morgan fingerprint density at radius 3 is 1.51 bits per heavy atom. The highest BCUT2D eigenvalue weighted by molar-refractivity contribution is 6.03. The van der Waals surface area contributed by atoms with Crippen molar-refractivity contribution in [3.8, 4) is 22.5 Å². The molecule has 35 heavy (non-hydrogen) atoms. The van der Waals surface area contributed by atoms with Crippen molar-refractivity contribution in [2.45, 2.75) is 12.5 Å². The minimum atomic E-state index is 0.0149. The molecular weight excluding hydrogens is 428 g/mol. The van der Waals surface area contributed by atoms with Crippen LogP contribution in [0.5, 0.6) is 0 Å². The van der Waals surface area contributed by atoms with Gasteiger partial charge >= 0.3 is 0 Å². The molecule has 0 spiro atoms. The third kappa shape index (κ3) is 4.34. The Labute approximate surface area is 205 Å². The van der Waals surface area contributed by atoms with Gasteiger partial charge in [-0.1, -0.05) is 121 Å². The Morgan fingerprint density at radius 2 is 1.00 bits per heavy atom. The maximum atomic E-state index is 5.08. The summed E-state index contributed by atoms with van der Waals surface area (Å²) in [6.45, 7) is 0. The third-order valence-corrected chi connectivity index (χ3v) is 6.26. The van der Waals surface area contributed by atoms with Crippen molar-refractivity contribution >= 4 is 11.7 Å². The second-order valence-electron chi connectivity index (χ2n) is 8.56. The monoisotopic (exact) mass is 452 g/mol. The van der Waals surface area contributed by atoms with Crippen LogP contribution in [0.1, 0.15) is 23.6 Å². The van der Waals surface area contributed by atoms with Gasteiger partial charge in [0, 0.05) is 17.5 Å². The second kappa shape index (κ2) is 9.35. The van der Waals surface area contributed by atoms with Crippen LogP contribution in [0.3, 0.4) is 0 Å². The van der Waals surface area contributed by atoms with Crippen LogP contribution in [0, 0.1) is 0 Å². The summed E-state index contributed by atoms with van der Waals surface area (Å²) in [7, 11) is 0. The molecule has 168 valence electrons. The molecule has 6 rings (SSSR count). The summed E-state index contributed by atoms with van der Waals surface area (Å²) in [6.07, 6.45) is 0.785. The van der Waals surface area contributed by atoms with E-state index in [1.165, 1.54) is 5.56 Å². The number of rotatable bonds is 5. The first-order valence-electron chi connectivity index (χ1n) is 11.8. The molecule has 4 heteroatoms. The Balaban J connectivity index is 1.52. The topological polar surface area (TPSA) is 41.4 Å². The quantitative estimate of drug-likeness (QED) is 0.284. The molecule has 2 heterocycles. The SMILES string of the molecule is c1ccc(C2=NN(c3nc(-c4ccccc4)cc(-c4ccccc4)n3)C(c3ccccc3)C2)cc1. The maximum absolute atomic E-state index is 5.08. The Bertz CT molecular complexity index is 1390. The van der Waals surface area contributed by atoms with Gasteiger partial charge in [-0.15, -0.1) is 0 Å². The van der Waals surface area contributed by atoms with Gasteiger partial charge in [-0.05, 0) is 17.2 Å². The van der Waals surface area contributed by atoms with E-state index in [-0.39, 0.29) is 6.04 Å². The molecule has 4 nitrogen and oxygen atoms in total. The fourth-order valence-corrected chi connectivity index (χ4v) is 4.49. The zero-order valence-corrected chi connectivity index (χ0v) is 19.2. The minimum Gasteiger partial charge on any atom is -0.223 e. The molecule has 1 aliphatic rings. The van der Waals surface area contributed by atoms with E-state index in [2.05, 4.69) is 78.9 Å². The van der Waals surface area contributed by atoms with Crippen LogP contribution in [-0.4, -0.2) is 15.7 Å². The van der Waals surface area contributed by atoms with Crippen LogP contribution < -0.4 is 5.01 Å². The zero-order valence-electron chi connectivity index (χ0n) is 19.2. The van der Waals surface area contributed by atoms with Crippen LogP contribution in [-0.2, 0) is 0 Å². The predicted molar refractivity (Wildman–Crippen MR) is 142 cm³/mol. The lowest BCUT2D eigenvalue weighted by Crippen LogP contribution is -2.21. The molecule has 0 saturated heterocycles. The highest BCUT2D eigenvalue weighted by Gasteiger charge is 2.32. The second-order valence-corrected chi connectivity index (χ2v) is 8.56. The first kappa shape index (κ1) is 21.0. The fraction of sp³-hybridized carbons (Fsp3) is 0.0645. The molecule has 0 fully saturated rings. The first-order chi connectivity index (χ1) is 17.3. The largest absolute Gasteiger partial charge is 0.247 e. The molecule has 0 bridgehead atoms. The van der Waals surface area contributed by atoms with Gasteiger partial charge in [0.1, 0.15) is 0 Å². The number of benzene rings is 4. The molecule has 0 amide bonds. The number of hydrazone groups is 1. The van der Waals surface area contributed by atoms with Gasteiger partial charge in [-0.25, -0.2) is 15.0 Å². The average molecular weight is 453 g/mol. The molecule has 4 aromatic carbocycles. The summed E-state index contributed by atoms with van der Waals surface area (Å²) in [5.41, 5.74) is 7.21. The van der Waals surface area contributed by atoms with Gasteiger partial charge in [0.15, 0.2) is 0 Å². The van der Waals surface area contributed by atoms with Crippen LogP contribution >= 0.6 is 0 Å². The van der Waals surface area contributed by atoms with Crippen molar-refractivity contribution in [1.29, 1.82) is 0 Å². The molecule has 0 N–H and O–H groups in total. The summed E-state index contributed by atoms with van der Waals surface area (Å²) in [5, 5.41) is 7.08. The van der Waals surface area contributed by atoms with E-state index < -0.39 is 0 Å². The Hall–Kier alpha value is -4.57. The molecule has 1 unspecified atom stereocenters. The first-order valence-corrected chi connectivity index (χ1v) is 11.8. The highest BCUT2D eigenvalue weighted by Crippen LogP contribution is 2.37. The smallest absolute Gasteiger partial charge is 0.223 e. The van der Waals surface area contributed by atoms with E-state index in [0.717, 1.165) is 40.2 Å². The van der Waals surface area contributed by atoms with Crippen LogP contribution in [0.15, 0.2) is 132 Å². The van der Waals surface area contributed by atoms with Crippen LogP contribution in [0.25, 0.3) is 22.5 Å². The summed E-state index contributed by atoms with van der Waals surface area (Å²) < 4.78 is 0. The standard InChI is InChI=1S/C31H24N4/c1-5-13-23(14-6-1)27-21-28(24-15-7-2-8-16-24)33-31(32-27)35-30(26-19-11-4-12-20-26)22-29(34-35)25-17-9-3-10-18-25/h1-21,30H,22H2. The van der Waals surface area contributed by atoms with Gasteiger partial charge in [0.2, 0.25) is 5.95 Å². The summed E-state index contributed by atoms with van der Waals surface area (Å²) in [6, 6.07) is 43.4. The number of hydrogen-bond acceptors (Lipinski definition) is 4. The third-order valence-electron chi connectivity index (χ3n) is 6.26. The molecule has 0 saturated carbocycles. The van der Waals surface area contributed by atoms with Gasteiger partial charge in [0.05, 0.1) is 23.1 Å². The lowest BCUT2D eigenvalue weighted by atomic mass is 9.98. The summed E-state index contributed by atoms with van der Waals surface area (Å²) in [5.74, 6) is 0.602. The van der Waals surface area contributed by atoms with E-state index in [4.69, 9.17) is 15.1 Å². The fourth-order valence-electron chi connectivity index (χ4n) is 4.49. The van der Waals surface area contributed by atoms with E-state index >= 15 is 0 Å². The normalized spacial score (nSPS) is 15.1. The van der Waals surface area contributed by atoms with Gasteiger partial charge < -0.3 is 0 Å². The van der Waals surface area contributed by atoms with Gasteiger partial charge in [-0.2, -0.15) is 5.10 Å². The van der Waals surface area contributed by atoms with Crippen molar-refractivity contribution in [3.63, 3.8) is 0 Å². The number of nitrogens with zero attached hydrogens (tertiary/aromatic N) is 4. The molecule has 1 aliphatic heterocycles. The lowest BCUT2D eigenvalue weighted by molar-refractivity contribution is 0.687. The van der Waals surface area contributed by atoms with E-state index in [1.807, 2.05) is 53.5 Å². The summed E-state index contributed by atoms with van der Waals surface area (Å²) in [4.78, 5) is 10.0. The zero-order chi connectivity index (χ0) is 23.5. The van der Waals surface area contributed by atoms with Gasteiger partial charge in [0.25, 0.3) is 0 Å². The molecule has 1 atom stereocenters. The van der Waals surface area contributed by atoms with Gasteiger partial charge in [-0.3, -0.25) is 0 Å². The van der Waals surface area contributed by atoms with Crippen molar-refractivity contribution in [2.24, 2.45) is 5.10 Å².